The van der Waals surface area contributed by atoms with Gasteiger partial charge in [-0.3, -0.25) is 4.90 Å². The predicted molar refractivity (Wildman–Crippen MR) is 88.1 cm³/mol. The fraction of sp³-hybridized carbons (Fsp3) is 0.625. The maximum Gasteiger partial charge on any atom is 0.0511 e. The third-order valence-corrected chi connectivity index (χ3v) is 5.29. The molecule has 3 nitrogen and oxygen atoms in total. The molecule has 0 aliphatic carbocycles. The highest BCUT2D eigenvalue weighted by atomic mass is 79.9. The maximum atomic E-state index is 5.70. The molecule has 1 aromatic carbocycles. The van der Waals surface area contributed by atoms with Crippen LogP contribution in [0.4, 0.5) is 5.69 Å². The molecule has 2 heterocycles. The van der Waals surface area contributed by atoms with E-state index in [0.717, 1.165) is 6.04 Å². The van der Waals surface area contributed by atoms with Gasteiger partial charge in [-0.05, 0) is 66.0 Å². The fourth-order valence-electron chi connectivity index (χ4n) is 3.48. The number of anilines is 1. The zero-order valence-electron chi connectivity index (χ0n) is 12.0. The van der Waals surface area contributed by atoms with Gasteiger partial charge in [0.1, 0.15) is 0 Å². The van der Waals surface area contributed by atoms with Gasteiger partial charge in [0, 0.05) is 30.1 Å². The fourth-order valence-corrected chi connectivity index (χ4v) is 4.15. The van der Waals surface area contributed by atoms with Gasteiger partial charge in [-0.15, -0.1) is 0 Å². The van der Waals surface area contributed by atoms with E-state index in [1.807, 2.05) is 0 Å². The minimum Gasteiger partial charge on any atom is -0.369 e. The molecule has 2 aliphatic rings. The molecule has 2 fully saturated rings. The maximum absolute atomic E-state index is 5.70. The van der Waals surface area contributed by atoms with Crippen molar-refractivity contribution in [2.24, 2.45) is 5.73 Å². The van der Waals surface area contributed by atoms with Crippen LogP contribution >= 0.6 is 15.9 Å². The summed E-state index contributed by atoms with van der Waals surface area (Å²) in [7, 11) is 0. The average molecular weight is 338 g/mol. The predicted octanol–water partition coefficient (Wildman–Crippen LogP) is 2.97. The van der Waals surface area contributed by atoms with Crippen LogP contribution in [0.25, 0.3) is 0 Å². The summed E-state index contributed by atoms with van der Waals surface area (Å²) in [4.78, 5) is 5.22. The molecule has 1 atom stereocenters. The van der Waals surface area contributed by atoms with E-state index in [2.05, 4.69) is 43.9 Å². The molecule has 0 bridgehead atoms. The smallest absolute Gasteiger partial charge is 0.0511 e. The van der Waals surface area contributed by atoms with Crippen LogP contribution in [0.5, 0.6) is 0 Å². The molecule has 20 heavy (non-hydrogen) atoms. The summed E-state index contributed by atoms with van der Waals surface area (Å²) in [5, 5.41) is 0. The average Bonchev–Trinajstić information content (AvgIpc) is 2.97. The Morgan fingerprint density at radius 1 is 1.15 bits per heavy atom. The number of hydrogen-bond acceptors (Lipinski definition) is 3. The van der Waals surface area contributed by atoms with Crippen molar-refractivity contribution < 1.29 is 0 Å². The van der Waals surface area contributed by atoms with E-state index in [1.165, 1.54) is 67.6 Å². The van der Waals surface area contributed by atoms with Crippen LogP contribution in [0.3, 0.4) is 0 Å². The summed E-state index contributed by atoms with van der Waals surface area (Å²) in [5.74, 6) is 0. The van der Waals surface area contributed by atoms with Crippen molar-refractivity contribution in [2.45, 2.75) is 38.3 Å². The molecule has 0 spiro atoms. The molecule has 4 heteroatoms. The number of nitrogens with two attached hydrogens (primary N) is 1. The van der Waals surface area contributed by atoms with Crippen molar-refractivity contribution in [3.63, 3.8) is 0 Å². The summed E-state index contributed by atoms with van der Waals surface area (Å²) < 4.78 is 1.18. The second kappa shape index (κ2) is 6.46. The highest BCUT2D eigenvalue weighted by molar-refractivity contribution is 9.10. The molecule has 2 aliphatic heterocycles. The highest BCUT2D eigenvalue weighted by Crippen LogP contribution is 2.31. The molecule has 0 radical (unpaired) electrons. The van der Waals surface area contributed by atoms with Crippen molar-refractivity contribution in [1.29, 1.82) is 0 Å². The van der Waals surface area contributed by atoms with Crippen LogP contribution in [0.2, 0.25) is 0 Å². The molecule has 1 aromatic rings. The van der Waals surface area contributed by atoms with E-state index >= 15 is 0 Å². The van der Waals surface area contributed by atoms with E-state index in [-0.39, 0.29) is 0 Å². The Balaban J connectivity index is 1.67. The molecule has 2 N–H and O–H groups in total. The first-order chi connectivity index (χ1) is 9.78. The van der Waals surface area contributed by atoms with Gasteiger partial charge < -0.3 is 10.6 Å². The van der Waals surface area contributed by atoms with Gasteiger partial charge >= 0.3 is 0 Å². The second-order valence-electron chi connectivity index (χ2n) is 5.98. The van der Waals surface area contributed by atoms with Crippen LogP contribution < -0.4 is 10.6 Å². The minimum absolute atomic E-state index is 0.606. The highest BCUT2D eigenvalue weighted by Gasteiger charge is 2.29. The van der Waals surface area contributed by atoms with Crippen LogP contribution in [-0.2, 0) is 6.54 Å². The SMILES string of the molecule is NCc1ccc(N2CCC(N3CCCCC3)C2)c(Br)c1. The summed E-state index contributed by atoms with van der Waals surface area (Å²) in [6.45, 7) is 5.54. The van der Waals surface area contributed by atoms with E-state index in [4.69, 9.17) is 5.73 Å². The van der Waals surface area contributed by atoms with Gasteiger partial charge in [0.15, 0.2) is 0 Å². The summed E-state index contributed by atoms with van der Waals surface area (Å²) >= 11 is 3.70. The number of piperidine rings is 1. The molecular formula is C16H24BrN3. The number of halogens is 1. The Bertz CT molecular complexity index is 457. The standard InChI is InChI=1S/C16H24BrN3/c17-15-10-13(11-18)4-5-16(15)20-9-6-14(12-20)19-7-2-1-3-8-19/h4-5,10,14H,1-3,6-9,11-12,18H2. The van der Waals surface area contributed by atoms with E-state index in [0.29, 0.717) is 6.54 Å². The van der Waals surface area contributed by atoms with Gasteiger partial charge in [0.2, 0.25) is 0 Å². The number of rotatable bonds is 3. The van der Waals surface area contributed by atoms with E-state index < -0.39 is 0 Å². The van der Waals surface area contributed by atoms with Crippen molar-refractivity contribution in [3.8, 4) is 0 Å². The molecule has 0 amide bonds. The third kappa shape index (κ3) is 3.02. The van der Waals surface area contributed by atoms with Crippen LogP contribution in [-0.4, -0.2) is 37.1 Å². The molecule has 2 saturated heterocycles. The topological polar surface area (TPSA) is 32.5 Å². The van der Waals surface area contributed by atoms with Crippen LogP contribution in [0.1, 0.15) is 31.2 Å². The Labute approximate surface area is 130 Å². The Kier molecular flexibility index (Phi) is 4.64. The molecule has 110 valence electrons. The van der Waals surface area contributed by atoms with Gasteiger partial charge in [-0.2, -0.15) is 0 Å². The molecule has 0 aromatic heterocycles. The Morgan fingerprint density at radius 2 is 1.95 bits per heavy atom. The van der Waals surface area contributed by atoms with Crippen molar-refractivity contribution in [1.82, 2.24) is 4.90 Å². The largest absolute Gasteiger partial charge is 0.369 e. The molecule has 0 saturated carbocycles. The lowest BCUT2D eigenvalue weighted by Crippen LogP contribution is -2.40. The minimum atomic E-state index is 0.606. The van der Waals surface area contributed by atoms with Crippen LogP contribution in [0.15, 0.2) is 22.7 Å². The first-order valence-corrected chi connectivity index (χ1v) is 8.55. The van der Waals surface area contributed by atoms with Crippen molar-refractivity contribution in [3.05, 3.63) is 28.2 Å². The lowest BCUT2D eigenvalue weighted by atomic mass is 10.1. The number of benzene rings is 1. The van der Waals surface area contributed by atoms with E-state index in [1.54, 1.807) is 0 Å². The lowest BCUT2D eigenvalue weighted by Gasteiger charge is -2.32. The first-order valence-electron chi connectivity index (χ1n) is 7.75. The van der Waals surface area contributed by atoms with Gasteiger partial charge in [-0.1, -0.05) is 12.5 Å². The van der Waals surface area contributed by atoms with E-state index in [9.17, 15) is 0 Å². The summed E-state index contributed by atoms with van der Waals surface area (Å²) in [6.07, 6.45) is 5.47. The quantitative estimate of drug-likeness (QED) is 0.920. The number of hydrogen-bond donors (Lipinski definition) is 1. The number of likely N-dealkylation sites (tertiary alicyclic amines) is 1. The summed E-state index contributed by atoms with van der Waals surface area (Å²) in [6, 6.07) is 7.26. The Hall–Kier alpha value is -0.580. The Morgan fingerprint density at radius 3 is 2.65 bits per heavy atom. The third-order valence-electron chi connectivity index (χ3n) is 4.66. The van der Waals surface area contributed by atoms with Crippen molar-refractivity contribution in [2.75, 3.05) is 31.1 Å². The van der Waals surface area contributed by atoms with Gasteiger partial charge in [-0.25, -0.2) is 0 Å². The van der Waals surface area contributed by atoms with Crippen LogP contribution in [0, 0.1) is 0 Å². The zero-order valence-corrected chi connectivity index (χ0v) is 13.6. The molecule has 3 rings (SSSR count). The number of nitrogens with zero attached hydrogens (tertiary/aromatic N) is 2. The van der Waals surface area contributed by atoms with Gasteiger partial charge in [0.05, 0.1) is 5.69 Å². The zero-order chi connectivity index (χ0) is 13.9. The normalized spacial score (nSPS) is 24.3. The molecule has 1 unspecified atom stereocenters. The first kappa shape index (κ1) is 14.4. The monoisotopic (exact) mass is 337 g/mol. The second-order valence-corrected chi connectivity index (χ2v) is 6.83. The van der Waals surface area contributed by atoms with Crippen molar-refractivity contribution >= 4 is 21.6 Å². The lowest BCUT2D eigenvalue weighted by molar-refractivity contribution is 0.175. The van der Waals surface area contributed by atoms with Gasteiger partial charge in [0.25, 0.3) is 0 Å². The molecular weight excluding hydrogens is 314 g/mol. The summed E-state index contributed by atoms with van der Waals surface area (Å²) in [5.41, 5.74) is 8.21.